The fraction of sp³-hybridized carbons (Fsp3) is 0.308. The van der Waals surface area contributed by atoms with Gasteiger partial charge in [0.2, 0.25) is 0 Å². The molecule has 1 atom stereocenters. The normalized spacial score (nSPS) is 19.3. The molecule has 1 aromatic carbocycles. The average Bonchev–Trinajstić information content (AvgIpc) is 2.38. The van der Waals surface area contributed by atoms with E-state index in [-0.39, 0.29) is 11.2 Å². The van der Waals surface area contributed by atoms with Gasteiger partial charge in [-0.2, -0.15) is 0 Å². The third kappa shape index (κ3) is 2.96. The van der Waals surface area contributed by atoms with Crippen molar-refractivity contribution in [3.05, 3.63) is 40.4 Å². The first-order chi connectivity index (χ1) is 8.59. The highest BCUT2D eigenvalue weighted by atomic mass is 79.9. The Hall–Kier alpha value is -0.780. The van der Waals surface area contributed by atoms with Gasteiger partial charge < -0.3 is 9.64 Å². The molecule has 1 aliphatic heterocycles. The Morgan fingerprint density at radius 2 is 2.33 bits per heavy atom. The first-order valence-corrected chi connectivity index (χ1v) is 6.87. The van der Waals surface area contributed by atoms with Crippen molar-refractivity contribution in [1.82, 2.24) is 4.90 Å². The monoisotopic (exact) mass is 326 g/mol. The molecule has 5 heteroatoms. The van der Waals surface area contributed by atoms with Crippen LogP contribution < -0.4 is 0 Å². The van der Waals surface area contributed by atoms with E-state index in [1.54, 1.807) is 0 Å². The molecular formula is C13H15BrN2OS. The van der Waals surface area contributed by atoms with Crippen LogP contribution in [0, 0.1) is 5.41 Å². The van der Waals surface area contributed by atoms with Gasteiger partial charge >= 0.3 is 0 Å². The van der Waals surface area contributed by atoms with Crippen LogP contribution in [-0.2, 0) is 4.74 Å². The summed E-state index contributed by atoms with van der Waals surface area (Å²) in [5.74, 6) is 0. The summed E-state index contributed by atoms with van der Waals surface area (Å²) in [6.45, 7) is 1.20. The number of hydrogen-bond acceptors (Lipinski definition) is 2. The Morgan fingerprint density at radius 3 is 3.00 bits per heavy atom. The Balaban J connectivity index is 2.34. The minimum absolute atomic E-state index is 0.0399. The van der Waals surface area contributed by atoms with E-state index < -0.39 is 0 Å². The van der Waals surface area contributed by atoms with Crippen LogP contribution in [0.15, 0.2) is 34.8 Å². The molecule has 2 rings (SSSR count). The van der Waals surface area contributed by atoms with E-state index in [0.717, 1.165) is 10.0 Å². The molecule has 0 aliphatic carbocycles. The van der Waals surface area contributed by atoms with Crippen LogP contribution in [0.2, 0.25) is 0 Å². The number of nitrogens with zero attached hydrogens (tertiary/aromatic N) is 1. The van der Waals surface area contributed by atoms with Crippen LogP contribution >= 0.6 is 28.6 Å². The number of thiol groups is 1. The van der Waals surface area contributed by atoms with Gasteiger partial charge in [0.15, 0.2) is 5.17 Å². The van der Waals surface area contributed by atoms with E-state index in [2.05, 4.69) is 46.8 Å². The molecule has 3 nitrogen and oxygen atoms in total. The van der Waals surface area contributed by atoms with E-state index >= 15 is 0 Å². The second-order valence-electron chi connectivity index (χ2n) is 4.16. The summed E-state index contributed by atoms with van der Waals surface area (Å²) in [7, 11) is 1.86. The Labute approximate surface area is 121 Å². The average molecular weight is 327 g/mol. The summed E-state index contributed by atoms with van der Waals surface area (Å²) in [4.78, 5) is 1.81. The van der Waals surface area contributed by atoms with Crippen molar-refractivity contribution in [1.29, 1.82) is 5.41 Å². The molecular weight excluding hydrogens is 312 g/mol. The summed E-state index contributed by atoms with van der Waals surface area (Å²) in [5, 5.41) is 7.87. The fourth-order valence-electron chi connectivity index (χ4n) is 2.00. The maximum atomic E-state index is 7.63. The van der Waals surface area contributed by atoms with E-state index in [0.29, 0.717) is 13.2 Å². The van der Waals surface area contributed by atoms with Crippen LogP contribution in [0.25, 0.3) is 5.57 Å². The molecule has 0 spiro atoms. The molecule has 0 amide bonds. The maximum Gasteiger partial charge on any atom is 0.153 e. The van der Waals surface area contributed by atoms with Gasteiger partial charge in [-0.15, -0.1) is 12.6 Å². The van der Waals surface area contributed by atoms with E-state index in [4.69, 9.17) is 10.1 Å². The van der Waals surface area contributed by atoms with Crippen molar-refractivity contribution in [2.24, 2.45) is 0 Å². The second-order valence-corrected chi connectivity index (χ2v) is 5.50. The zero-order valence-corrected chi connectivity index (χ0v) is 12.5. The highest BCUT2D eigenvalue weighted by molar-refractivity contribution is 9.10. The molecule has 96 valence electrons. The van der Waals surface area contributed by atoms with Gasteiger partial charge in [-0.1, -0.05) is 34.1 Å². The molecule has 1 aromatic rings. The SMILES string of the molecule is CN(C(=N)S)C1COCC=C1c1cccc(Br)c1. The first-order valence-electron chi connectivity index (χ1n) is 5.63. The smallest absolute Gasteiger partial charge is 0.153 e. The van der Waals surface area contributed by atoms with Crippen molar-refractivity contribution in [2.45, 2.75) is 6.04 Å². The molecule has 0 aromatic heterocycles. The highest BCUT2D eigenvalue weighted by Gasteiger charge is 2.24. The number of benzene rings is 1. The predicted octanol–water partition coefficient (Wildman–Crippen LogP) is 3.03. The lowest BCUT2D eigenvalue weighted by atomic mass is 9.96. The number of halogens is 1. The summed E-state index contributed by atoms with van der Waals surface area (Å²) < 4.78 is 6.53. The lowest BCUT2D eigenvalue weighted by Crippen LogP contribution is -2.40. The van der Waals surface area contributed by atoms with Crippen molar-refractivity contribution >= 4 is 39.3 Å². The van der Waals surface area contributed by atoms with Crippen molar-refractivity contribution in [2.75, 3.05) is 20.3 Å². The van der Waals surface area contributed by atoms with Crippen LogP contribution in [0.4, 0.5) is 0 Å². The molecule has 0 fully saturated rings. The highest BCUT2D eigenvalue weighted by Crippen LogP contribution is 2.27. The number of hydrogen-bond donors (Lipinski definition) is 2. The zero-order valence-electron chi connectivity index (χ0n) is 10.1. The van der Waals surface area contributed by atoms with Crippen molar-refractivity contribution in [3.8, 4) is 0 Å². The molecule has 18 heavy (non-hydrogen) atoms. The lowest BCUT2D eigenvalue weighted by Gasteiger charge is -2.33. The second kappa shape index (κ2) is 5.91. The first kappa shape index (κ1) is 13.6. The van der Waals surface area contributed by atoms with Gasteiger partial charge in [0.05, 0.1) is 19.3 Å². The van der Waals surface area contributed by atoms with Crippen molar-refractivity contribution < 1.29 is 4.74 Å². The minimum Gasteiger partial charge on any atom is -0.375 e. The fourth-order valence-corrected chi connectivity index (χ4v) is 2.54. The number of likely N-dealkylation sites (N-methyl/N-ethyl adjacent to an activating group) is 1. The quantitative estimate of drug-likeness (QED) is 0.498. The standard InChI is InChI=1S/C13H15BrN2OS/c1-16(13(15)18)12-8-17-6-5-11(12)9-3-2-4-10(14)7-9/h2-5,7,12H,6,8H2,1H3,(H2,15,18). The third-order valence-electron chi connectivity index (χ3n) is 3.02. The van der Waals surface area contributed by atoms with E-state index in [9.17, 15) is 0 Å². The van der Waals surface area contributed by atoms with Crippen LogP contribution in [0.5, 0.6) is 0 Å². The molecule has 0 saturated heterocycles. The van der Waals surface area contributed by atoms with Crippen LogP contribution in [-0.4, -0.2) is 36.4 Å². The van der Waals surface area contributed by atoms with E-state index in [1.165, 1.54) is 5.57 Å². The van der Waals surface area contributed by atoms with Crippen LogP contribution in [0.1, 0.15) is 5.56 Å². The van der Waals surface area contributed by atoms with Crippen molar-refractivity contribution in [3.63, 3.8) is 0 Å². The van der Waals surface area contributed by atoms with Gasteiger partial charge in [0, 0.05) is 11.5 Å². The third-order valence-corrected chi connectivity index (χ3v) is 3.82. The Kier molecular flexibility index (Phi) is 4.48. The molecule has 0 bridgehead atoms. The van der Waals surface area contributed by atoms with E-state index in [1.807, 2.05) is 24.1 Å². The minimum atomic E-state index is 0.0399. The Morgan fingerprint density at radius 1 is 1.56 bits per heavy atom. The maximum absolute atomic E-state index is 7.63. The Bertz CT molecular complexity index is 490. The number of amidine groups is 1. The predicted molar refractivity (Wildman–Crippen MR) is 81.2 cm³/mol. The number of rotatable bonds is 2. The molecule has 0 saturated carbocycles. The topological polar surface area (TPSA) is 36.3 Å². The van der Waals surface area contributed by atoms with Gasteiger partial charge in [0.1, 0.15) is 0 Å². The largest absolute Gasteiger partial charge is 0.375 e. The molecule has 1 heterocycles. The summed E-state index contributed by atoms with van der Waals surface area (Å²) >= 11 is 7.58. The molecule has 0 radical (unpaired) electrons. The summed E-state index contributed by atoms with van der Waals surface area (Å²) in [6, 6.07) is 8.21. The summed E-state index contributed by atoms with van der Waals surface area (Å²) in [6.07, 6.45) is 2.07. The number of nitrogens with one attached hydrogen (secondary N) is 1. The van der Waals surface area contributed by atoms with Crippen LogP contribution in [0.3, 0.4) is 0 Å². The van der Waals surface area contributed by atoms with Gasteiger partial charge in [-0.25, -0.2) is 0 Å². The van der Waals surface area contributed by atoms with Gasteiger partial charge in [-0.05, 0) is 23.3 Å². The summed E-state index contributed by atoms with van der Waals surface area (Å²) in [5.41, 5.74) is 2.34. The molecule has 1 aliphatic rings. The lowest BCUT2D eigenvalue weighted by molar-refractivity contribution is 0.122. The zero-order chi connectivity index (χ0) is 13.1. The molecule has 1 unspecified atom stereocenters. The molecule has 1 N–H and O–H groups in total. The van der Waals surface area contributed by atoms with Gasteiger partial charge in [0.25, 0.3) is 0 Å². The number of ether oxygens (including phenoxy) is 1. The van der Waals surface area contributed by atoms with Gasteiger partial charge in [-0.3, -0.25) is 5.41 Å².